The van der Waals surface area contributed by atoms with E-state index in [4.69, 9.17) is 9.47 Å². The molecule has 0 atom stereocenters. The molecule has 0 saturated heterocycles. The number of carbonyl (C=O) groups excluding carboxylic acids is 1. The zero-order chi connectivity index (χ0) is 20.6. The first kappa shape index (κ1) is 20.4. The van der Waals surface area contributed by atoms with Crippen molar-refractivity contribution in [3.8, 4) is 11.5 Å². The second kappa shape index (κ2) is 9.75. The zero-order valence-electron chi connectivity index (χ0n) is 16.9. The number of benzene rings is 2. The topological polar surface area (TPSA) is 77.4 Å². The molecule has 29 heavy (non-hydrogen) atoms. The second-order valence-corrected chi connectivity index (χ2v) is 6.62. The van der Waals surface area contributed by atoms with Crippen molar-refractivity contribution in [2.75, 3.05) is 19.0 Å². The lowest BCUT2D eigenvalue weighted by atomic mass is 10.2. The third kappa shape index (κ3) is 5.58. The molecule has 2 N–H and O–H groups in total. The summed E-state index contributed by atoms with van der Waals surface area (Å²) < 4.78 is 12.8. The molecule has 0 bridgehead atoms. The fraction of sp³-hybridized carbons (Fsp3) is 0.273. The van der Waals surface area contributed by atoms with Crippen LogP contribution < -0.4 is 15.4 Å². The Morgan fingerprint density at radius 3 is 2.59 bits per heavy atom. The molecule has 0 spiro atoms. The van der Waals surface area contributed by atoms with Gasteiger partial charge in [-0.3, -0.25) is 4.68 Å². The van der Waals surface area contributed by atoms with Crippen molar-refractivity contribution in [3.05, 3.63) is 71.5 Å². The number of rotatable bonds is 8. The Bertz CT molecular complexity index is 954. The lowest BCUT2D eigenvalue weighted by Crippen LogP contribution is -2.28. The van der Waals surface area contributed by atoms with Crippen LogP contribution in [-0.2, 0) is 17.8 Å². The number of hydrogen-bond acceptors (Lipinski definition) is 4. The van der Waals surface area contributed by atoms with E-state index in [0.29, 0.717) is 31.1 Å². The van der Waals surface area contributed by atoms with Crippen molar-refractivity contribution in [3.63, 3.8) is 0 Å². The van der Waals surface area contributed by atoms with E-state index >= 15 is 0 Å². The monoisotopic (exact) mass is 394 g/mol. The molecule has 7 heteroatoms. The van der Waals surface area contributed by atoms with Gasteiger partial charge in [-0.25, -0.2) is 4.79 Å². The van der Waals surface area contributed by atoms with Gasteiger partial charge in [-0.05, 0) is 38.1 Å². The van der Waals surface area contributed by atoms with E-state index in [1.807, 2.05) is 67.1 Å². The smallest absolute Gasteiger partial charge is 0.319 e. The maximum absolute atomic E-state index is 12.3. The van der Waals surface area contributed by atoms with Gasteiger partial charge in [-0.2, -0.15) is 5.10 Å². The molecule has 1 aromatic heterocycles. The molecule has 0 unspecified atom stereocenters. The predicted octanol–water partition coefficient (Wildman–Crippen LogP) is 4.26. The maximum atomic E-state index is 12.3. The van der Waals surface area contributed by atoms with Gasteiger partial charge in [0, 0.05) is 36.7 Å². The lowest BCUT2D eigenvalue weighted by Gasteiger charge is -2.10. The van der Waals surface area contributed by atoms with Crippen molar-refractivity contribution in [1.82, 2.24) is 15.1 Å². The Morgan fingerprint density at radius 2 is 1.83 bits per heavy atom. The van der Waals surface area contributed by atoms with E-state index in [1.165, 1.54) is 0 Å². The van der Waals surface area contributed by atoms with Crippen LogP contribution in [0.3, 0.4) is 0 Å². The van der Waals surface area contributed by atoms with Gasteiger partial charge in [-0.15, -0.1) is 0 Å². The van der Waals surface area contributed by atoms with Crippen molar-refractivity contribution in [2.45, 2.75) is 26.9 Å². The average Bonchev–Trinajstić information content (AvgIpc) is 2.98. The summed E-state index contributed by atoms with van der Waals surface area (Å²) in [5, 5.41) is 10.2. The minimum Gasteiger partial charge on any atom is -0.457 e. The number of para-hydroxylation sites is 1. The summed E-state index contributed by atoms with van der Waals surface area (Å²) in [4.78, 5) is 12.3. The van der Waals surface area contributed by atoms with Gasteiger partial charge in [0.1, 0.15) is 11.5 Å². The number of amides is 2. The highest BCUT2D eigenvalue weighted by molar-refractivity contribution is 5.89. The summed E-state index contributed by atoms with van der Waals surface area (Å²) in [6.45, 7) is 5.61. The Labute approximate surface area is 170 Å². The fourth-order valence-electron chi connectivity index (χ4n) is 2.99. The second-order valence-electron chi connectivity index (χ2n) is 6.62. The number of carbonyl (C=O) groups is 1. The van der Waals surface area contributed by atoms with Gasteiger partial charge in [-0.1, -0.05) is 24.3 Å². The van der Waals surface area contributed by atoms with Crippen LogP contribution in [0.25, 0.3) is 0 Å². The highest BCUT2D eigenvalue weighted by atomic mass is 16.5. The minimum atomic E-state index is -0.287. The molecule has 0 aliphatic rings. The first-order valence-corrected chi connectivity index (χ1v) is 9.46. The molecule has 2 amide bonds. The first-order chi connectivity index (χ1) is 14.1. The summed E-state index contributed by atoms with van der Waals surface area (Å²) in [5.74, 6) is 1.39. The van der Waals surface area contributed by atoms with Crippen molar-refractivity contribution in [1.29, 1.82) is 0 Å². The molecule has 3 rings (SSSR count). The summed E-state index contributed by atoms with van der Waals surface area (Å²) in [5.41, 5.74) is 3.59. The van der Waals surface area contributed by atoms with Crippen molar-refractivity contribution >= 4 is 11.7 Å². The number of hydrogen-bond donors (Lipinski definition) is 2. The van der Waals surface area contributed by atoms with E-state index in [1.54, 1.807) is 13.2 Å². The first-order valence-electron chi connectivity index (χ1n) is 9.46. The number of anilines is 1. The molecule has 0 radical (unpaired) electrons. The molecule has 0 fully saturated rings. The van der Waals surface area contributed by atoms with Crippen LogP contribution in [-0.4, -0.2) is 29.5 Å². The van der Waals surface area contributed by atoms with Crippen LogP contribution in [0.4, 0.5) is 10.5 Å². The molecule has 1 heterocycles. The molecule has 0 aliphatic carbocycles. The Kier molecular flexibility index (Phi) is 6.86. The molecular weight excluding hydrogens is 368 g/mol. The van der Waals surface area contributed by atoms with E-state index in [2.05, 4.69) is 15.7 Å². The Morgan fingerprint density at radius 1 is 1.07 bits per heavy atom. The third-order valence-electron chi connectivity index (χ3n) is 4.54. The van der Waals surface area contributed by atoms with Gasteiger partial charge in [0.2, 0.25) is 0 Å². The summed E-state index contributed by atoms with van der Waals surface area (Å²) in [7, 11) is 1.67. The fourth-order valence-corrected chi connectivity index (χ4v) is 2.99. The van der Waals surface area contributed by atoms with Crippen LogP contribution >= 0.6 is 0 Å². The standard InChI is InChI=1S/C22H26N4O3/c1-16-21(17(2)26(25-16)12-13-28-3)15-23-22(27)24-18-8-7-11-20(14-18)29-19-9-5-4-6-10-19/h4-11,14H,12-13,15H2,1-3H3,(H2,23,24,27). The predicted molar refractivity (Wildman–Crippen MR) is 112 cm³/mol. The Hall–Kier alpha value is -3.32. The highest BCUT2D eigenvalue weighted by Gasteiger charge is 2.12. The zero-order valence-corrected chi connectivity index (χ0v) is 16.9. The SMILES string of the molecule is COCCn1nc(C)c(CNC(=O)Nc2cccc(Oc3ccccc3)c2)c1C. The number of aromatic nitrogens is 2. The highest BCUT2D eigenvalue weighted by Crippen LogP contribution is 2.23. The number of urea groups is 1. The van der Waals surface area contributed by atoms with Gasteiger partial charge in [0.15, 0.2) is 0 Å². The number of nitrogens with zero attached hydrogens (tertiary/aromatic N) is 2. The maximum Gasteiger partial charge on any atom is 0.319 e. The van der Waals surface area contributed by atoms with Crippen LogP contribution in [0.1, 0.15) is 17.0 Å². The quantitative estimate of drug-likeness (QED) is 0.598. The average molecular weight is 394 g/mol. The van der Waals surface area contributed by atoms with E-state index < -0.39 is 0 Å². The molecule has 0 saturated carbocycles. The summed E-state index contributed by atoms with van der Waals surface area (Å²) in [6.07, 6.45) is 0. The van der Waals surface area contributed by atoms with Crippen LogP contribution in [0, 0.1) is 13.8 Å². The summed E-state index contributed by atoms with van der Waals surface area (Å²) >= 11 is 0. The van der Waals surface area contributed by atoms with Gasteiger partial charge >= 0.3 is 6.03 Å². The third-order valence-corrected chi connectivity index (χ3v) is 4.54. The molecule has 152 valence electrons. The molecule has 3 aromatic rings. The van der Waals surface area contributed by atoms with E-state index in [-0.39, 0.29) is 6.03 Å². The Balaban J connectivity index is 1.57. The number of ether oxygens (including phenoxy) is 2. The molecule has 0 aliphatic heterocycles. The van der Waals surface area contributed by atoms with E-state index in [0.717, 1.165) is 22.7 Å². The normalized spacial score (nSPS) is 10.6. The molecular formula is C22H26N4O3. The van der Waals surface area contributed by atoms with Crippen LogP contribution in [0.2, 0.25) is 0 Å². The molecule has 7 nitrogen and oxygen atoms in total. The van der Waals surface area contributed by atoms with Crippen LogP contribution in [0.15, 0.2) is 54.6 Å². The lowest BCUT2D eigenvalue weighted by molar-refractivity contribution is 0.182. The number of nitrogens with one attached hydrogen (secondary N) is 2. The van der Waals surface area contributed by atoms with Crippen molar-refractivity contribution < 1.29 is 14.3 Å². The van der Waals surface area contributed by atoms with Gasteiger partial charge in [0.25, 0.3) is 0 Å². The number of methoxy groups -OCH3 is 1. The summed E-state index contributed by atoms with van der Waals surface area (Å²) in [6, 6.07) is 16.5. The molecule has 2 aromatic carbocycles. The minimum absolute atomic E-state index is 0.287. The van der Waals surface area contributed by atoms with Gasteiger partial charge < -0.3 is 20.1 Å². The van der Waals surface area contributed by atoms with Gasteiger partial charge in [0.05, 0.1) is 18.8 Å². The van der Waals surface area contributed by atoms with E-state index in [9.17, 15) is 4.79 Å². The largest absolute Gasteiger partial charge is 0.457 e. The van der Waals surface area contributed by atoms with Crippen LogP contribution in [0.5, 0.6) is 11.5 Å². The van der Waals surface area contributed by atoms with Crippen molar-refractivity contribution in [2.24, 2.45) is 0 Å². The number of aryl methyl sites for hydroxylation is 1.